The van der Waals surface area contributed by atoms with Crippen LogP contribution in [-0.2, 0) is 4.79 Å². The largest absolute Gasteiger partial charge is 0.300 e. The van der Waals surface area contributed by atoms with Crippen LogP contribution >= 0.6 is 24.0 Å². The zero-order valence-electron chi connectivity index (χ0n) is 9.17. The molecule has 1 aromatic heterocycles. The Morgan fingerprint density at radius 1 is 1.35 bits per heavy atom. The minimum Gasteiger partial charge on any atom is -0.300 e. The number of thiol groups is 1. The summed E-state index contributed by atoms with van der Waals surface area (Å²) in [7, 11) is 0. The maximum absolute atomic E-state index is 11.1. The molecule has 2 aromatic rings. The molecule has 0 radical (unpaired) electrons. The monoisotopic (exact) mass is 265 g/mol. The highest BCUT2D eigenvalue weighted by Gasteiger charge is 2.08. The summed E-state index contributed by atoms with van der Waals surface area (Å²) in [6, 6.07) is 8.01. The van der Waals surface area contributed by atoms with E-state index in [1.165, 1.54) is 16.9 Å². The van der Waals surface area contributed by atoms with Gasteiger partial charge >= 0.3 is 0 Å². The van der Waals surface area contributed by atoms with Gasteiger partial charge in [0.15, 0.2) is 0 Å². The summed E-state index contributed by atoms with van der Waals surface area (Å²) in [5.74, 6) is -0.0423. The van der Waals surface area contributed by atoms with E-state index in [2.05, 4.69) is 28.1 Å². The maximum Gasteiger partial charge on any atom is 0.235 e. The molecule has 0 aliphatic carbocycles. The third-order valence-electron chi connectivity index (χ3n) is 2.11. The third-order valence-corrected chi connectivity index (χ3v) is 3.29. The molecular formula is C11H11N3OS2. The van der Waals surface area contributed by atoms with Crippen molar-refractivity contribution < 1.29 is 4.79 Å². The molecule has 0 spiro atoms. The number of benzene rings is 1. The number of amides is 1. The van der Waals surface area contributed by atoms with Gasteiger partial charge in [0.1, 0.15) is 5.01 Å². The van der Waals surface area contributed by atoms with Crippen molar-refractivity contribution in [3.05, 3.63) is 29.8 Å². The van der Waals surface area contributed by atoms with E-state index in [4.69, 9.17) is 0 Å². The average molecular weight is 265 g/mol. The molecule has 1 heterocycles. The second kappa shape index (κ2) is 5.29. The highest BCUT2D eigenvalue weighted by atomic mass is 32.1. The van der Waals surface area contributed by atoms with Crippen LogP contribution in [0.2, 0.25) is 0 Å². The molecule has 0 fully saturated rings. The van der Waals surface area contributed by atoms with Gasteiger partial charge in [-0.25, -0.2) is 0 Å². The lowest BCUT2D eigenvalue weighted by atomic mass is 10.2. The fraction of sp³-hybridized carbons (Fsp3) is 0.182. The quantitative estimate of drug-likeness (QED) is 0.838. The Balaban J connectivity index is 2.18. The summed E-state index contributed by atoms with van der Waals surface area (Å²) in [5.41, 5.74) is 2.20. The van der Waals surface area contributed by atoms with Crippen LogP contribution in [0.25, 0.3) is 10.6 Å². The standard InChI is InChI=1S/C11H11N3OS2/c1-7-2-4-8(5-3-7)10-13-14-11(17-10)12-9(15)6-16/h2-5,16H,6H2,1H3,(H,12,14,15). The second-order valence-electron chi connectivity index (χ2n) is 3.48. The first-order valence-electron chi connectivity index (χ1n) is 5.00. The molecule has 0 saturated heterocycles. The van der Waals surface area contributed by atoms with Gasteiger partial charge in [-0.05, 0) is 6.92 Å². The molecule has 0 atom stereocenters. The van der Waals surface area contributed by atoms with Crippen LogP contribution in [-0.4, -0.2) is 21.9 Å². The van der Waals surface area contributed by atoms with E-state index in [9.17, 15) is 4.79 Å². The summed E-state index contributed by atoms with van der Waals surface area (Å²) < 4.78 is 0. The van der Waals surface area contributed by atoms with E-state index >= 15 is 0 Å². The lowest BCUT2D eigenvalue weighted by molar-refractivity contribution is -0.113. The van der Waals surface area contributed by atoms with Gasteiger partial charge in [0.05, 0.1) is 5.75 Å². The Labute approximate surface area is 108 Å². The van der Waals surface area contributed by atoms with Crippen LogP contribution in [0, 0.1) is 6.92 Å². The minimum atomic E-state index is -0.181. The molecule has 0 saturated carbocycles. The van der Waals surface area contributed by atoms with Crippen LogP contribution in [0.4, 0.5) is 5.13 Å². The number of aryl methyl sites for hydroxylation is 1. The summed E-state index contributed by atoms with van der Waals surface area (Å²) in [5, 5.41) is 11.9. The molecule has 0 aliphatic heterocycles. The highest BCUT2D eigenvalue weighted by Crippen LogP contribution is 2.26. The number of rotatable bonds is 3. The highest BCUT2D eigenvalue weighted by molar-refractivity contribution is 7.81. The van der Waals surface area contributed by atoms with Crippen molar-refractivity contribution in [1.82, 2.24) is 10.2 Å². The first-order valence-corrected chi connectivity index (χ1v) is 6.45. The molecule has 1 aromatic carbocycles. The van der Waals surface area contributed by atoms with E-state index in [1.807, 2.05) is 31.2 Å². The average Bonchev–Trinajstić information content (AvgIpc) is 2.78. The molecule has 4 nitrogen and oxygen atoms in total. The molecule has 88 valence electrons. The van der Waals surface area contributed by atoms with Crippen molar-refractivity contribution in [2.24, 2.45) is 0 Å². The maximum atomic E-state index is 11.1. The van der Waals surface area contributed by atoms with Crippen molar-refractivity contribution in [2.75, 3.05) is 11.1 Å². The molecular weight excluding hydrogens is 254 g/mol. The predicted octanol–water partition coefficient (Wildman–Crippen LogP) is 2.38. The van der Waals surface area contributed by atoms with Crippen molar-refractivity contribution in [3.63, 3.8) is 0 Å². The number of anilines is 1. The first-order chi connectivity index (χ1) is 8.19. The summed E-state index contributed by atoms with van der Waals surface area (Å²) in [4.78, 5) is 11.1. The molecule has 2 rings (SSSR count). The number of nitrogens with one attached hydrogen (secondary N) is 1. The fourth-order valence-corrected chi connectivity index (χ4v) is 2.09. The number of hydrogen-bond donors (Lipinski definition) is 2. The van der Waals surface area contributed by atoms with E-state index in [0.717, 1.165) is 10.6 Å². The molecule has 6 heteroatoms. The van der Waals surface area contributed by atoms with E-state index in [0.29, 0.717) is 5.13 Å². The molecule has 1 N–H and O–H groups in total. The van der Waals surface area contributed by atoms with Gasteiger partial charge in [0.25, 0.3) is 0 Å². The van der Waals surface area contributed by atoms with Crippen LogP contribution in [0.5, 0.6) is 0 Å². The smallest absolute Gasteiger partial charge is 0.235 e. The summed E-state index contributed by atoms with van der Waals surface area (Å²) in [6.45, 7) is 2.03. The Morgan fingerprint density at radius 3 is 2.71 bits per heavy atom. The Kier molecular flexibility index (Phi) is 3.75. The lowest BCUT2D eigenvalue weighted by Gasteiger charge is -1.96. The number of aromatic nitrogens is 2. The Morgan fingerprint density at radius 2 is 2.06 bits per heavy atom. The van der Waals surface area contributed by atoms with Gasteiger partial charge < -0.3 is 0 Å². The zero-order chi connectivity index (χ0) is 12.3. The van der Waals surface area contributed by atoms with Gasteiger partial charge in [0.2, 0.25) is 11.0 Å². The summed E-state index contributed by atoms with van der Waals surface area (Å²) in [6.07, 6.45) is 0. The SMILES string of the molecule is Cc1ccc(-c2nnc(NC(=O)CS)s2)cc1. The summed E-state index contributed by atoms with van der Waals surface area (Å²) >= 11 is 5.23. The van der Waals surface area contributed by atoms with Crippen molar-refractivity contribution in [2.45, 2.75) is 6.92 Å². The van der Waals surface area contributed by atoms with E-state index in [-0.39, 0.29) is 11.7 Å². The zero-order valence-corrected chi connectivity index (χ0v) is 10.9. The number of carbonyl (C=O) groups excluding carboxylic acids is 1. The van der Waals surface area contributed by atoms with E-state index in [1.54, 1.807) is 0 Å². The number of carbonyl (C=O) groups is 1. The van der Waals surface area contributed by atoms with Crippen LogP contribution in [0.15, 0.2) is 24.3 Å². The molecule has 0 bridgehead atoms. The Hall–Kier alpha value is -1.40. The van der Waals surface area contributed by atoms with E-state index < -0.39 is 0 Å². The second-order valence-corrected chi connectivity index (χ2v) is 4.78. The van der Waals surface area contributed by atoms with Gasteiger partial charge in [-0.3, -0.25) is 10.1 Å². The molecule has 0 aliphatic rings. The van der Waals surface area contributed by atoms with Gasteiger partial charge in [-0.1, -0.05) is 41.2 Å². The van der Waals surface area contributed by atoms with Crippen LogP contribution in [0.1, 0.15) is 5.56 Å². The van der Waals surface area contributed by atoms with Crippen molar-refractivity contribution in [3.8, 4) is 10.6 Å². The van der Waals surface area contributed by atoms with Gasteiger partial charge in [-0.15, -0.1) is 10.2 Å². The lowest BCUT2D eigenvalue weighted by Crippen LogP contribution is -2.12. The number of hydrogen-bond acceptors (Lipinski definition) is 5. The normalized spacial score (nSPS) is 10.2. The molecule has 1 amide bonds. The number of nitrogens with zero attached hydrogens (tertiary/aromatic N) is 2. The van der Waals surface area contributed by atoms with Crippen molar-refractivity contribution in [1.29, 1.82) is 0 Å². The van der Waals surface area contributed by atoms with Crippen LogP contribution < -0.4 is 5.32 Å². The third kappa shape index (κ3) is 3.04. The van der Waals surface area contributed by atoms with Crippen molar-refractivity contribution >= 4 is 35.0 Å². The molecule has 17 heavy (non-hydrogen) atoms. The minimum absolute atomic E-state index is 0.138. The topological polar surface area (TPSA) is 54.9 Å². The predicted molar refractivity (Wildman–Crippen MR) is 72.6 cm³/mol. The van der Waals surface area contributed by atoms with Crippen LogP contribution in [0.3, 0.4) is 0 Å². The van der Waals surface area contributed by atoms with Gasteiger partial charge in [0, 0.05) is 5.56 Å². The fourth-order valence-electron chi connectivity index (χ4n) is 1.25. The van der Waals surface area contributed by atoms with Gasteiger partial charge in [-0.2, -0.15) is 12.6 Å². The molecule has 0 unspecified atom stereocenters. The first kappa shape index (κ1) is 12.1. The Bertz CT molecular complexity index is 522.